The molecule has 0 amide bonds. The van der Waals surface area contributed by atoms with E-state index in [4.69, 9.17) is 9.47 Å². The fourth-order valence-electron chi connectivity index (χ4n) is 5.04. The number of methoxy groups -OCH3 is 1. The van der Waals surface area contributed by atoms with Gasteiger partial charge in [-0.25, -0.2) is 4.79 Å². The molecule has 1 fully saturated rings. The quantitative estimate of drug-likeness (QED) is 0.775. The highest BCUT2D eigenvalue weighted by atomic mass is 16.5. The minimum atomic E-state index is -0.553. The van der Waals surface area contributed by atoms with Crippen molar-refractivity contribution >= 4 is 5.97 Å². The van der Waals surface area contributed by atoms with Crippen molar-refractivity contribution in [3.05, 3.63) is 51.8 Å². The molecule has 1 aliphatic carbocycles. The predicted molar refractivity (Wildman–Crippen MR) is 103 cm³/mol. The van der Waals surface area contributed by atoms with Gasteiger partial charge in [0.2, 0.25) is 0 Å². The second-order valence-electron chi connectivity index (χ2n) is 8.47. The largest absolute Gasteiger partial charge is 0.497 e. The normalized spacial score (nSPS) is 18.2. The molecule has 5 nitrogen and oxygen atoms in total. The van der Waals surface area contributed by atoms with Crippen LogP contribution in [0.2, 0.25) is 0 Å². The van der Waals surface area contributed by atoms with Crippen LogP contribution >= 0.6 is 0 Å². The first-order valence-electron chi connectivity index (χ1n) is 9.40. The summed E-state index contributed by atoms with van der Waals surface area (Å²) in [5, 5.41) is 0. The molecule has 1 aliphatic heterocycles. The topological polar surface area (TPSA) is 57.5 Å². The average Bonchev–Trinajstić information content (AvgIpc) is 2.59. The summed E-state index contributed by atoms with van der Waals surface area (Å²) in [5.74, 6) is 0.204. The summed E-state index contributed by atoms with van der Waals surface area (Å²) in [5.41, 5.74) is 3.01. The highest BCUT2D eigenvalue weighted by Crippen LogP contribution is 2.57. The maximum Gasteiger partial charge on any atom is 0.343 e. The minimum absolute atomic E-state index is 0.102. The van der Waals surface area contributed by atoms with Crippen LogP contribution in [-0.2, 0) is 16.7 Å². The Kier molecular flexibility index (Phi) is 3.95. The van der Waals surface area contributed by atoms with E-state index < -0.39 is 5.97 Å². The van der Waals surface area contributed by atoms with Crippen LogP contribution in [0.3, 0.4) is 0 Å². The number of carbonyl (C=O) groups is 1. The summed E-state index contributed by atoms with van der Waals surface area (Å²) in [4.78, 5) is 25.0. The van der Waals surface area contributed by atoms with E-state index in [2.05, 4.69) is 24.5 Å². The van der Waals surface area contributed by atoms with E-state index >= 15 is 0 Å². The number of fused-ring (bicyclic) bond motifs is 4. The molecule has 2 aliphatic rings. The average molecular weight is 367 g/mol. The zero-order valence-electron chi connectivity index (χ0n) is 16.3. The third-order valence-corrected chi connectivity index (χ3v) is 5.79. The van der Waals surface area contributed by atoms with Crippen LogP contribution in [-0.4, -0.2) is 24.3 Å². The Morgan fingerprint density at radius 3 is 2.59 bits per heavy atom. The highest BCUT2D eigenvalue weighted by Gasteiger charge is 2.52. The molecule has 0 N–H and O–H groups in total. The summed E-state index contributed by atoms with van der Waals surface area (Å²) in [6.07, 6.45) is 4.61. The van der Waals surface area contributed by atoms with Crippen LogP contribution < -0.4 is 10.2 Å². The number of benzene rings is 1. The van der Waals surface area contributed by atoms with E-state index in [0.29, 0.717) is 0 Å². The number of rotatable bonds is 3. The molecule has 0 atom stereocenters. The first-order chi connectivity index (χ1) is 12.8. The molecule has 4 rings (SSSR count). The summed E-state index contributed by atoms with van der Waals surface area (Å²) in [6.45, 7) is 6.51. The van der Waals surface area contributed by atoms with Gasteiger partial charge in [0.25, 0.3) is 0 Å². The Morgan fingerprint density at radius 2 is 1.96 bits per heavy atom. The van der Waals surface area contributed by atoms with Gasteiger partial charge in [0.15, 0.2) is 5.43 Å². The van der Waals surface area contributed by atoms with Gasteiger partial charge in [-0.15, -0.1) is 0 Å². The van der Waals surface area contributed by atoms with Crippen molar-refractivity contribution in [1.82, 2.24) is 4.57 Å². The first-order valence-corrected chi connectivity index (χ1v) is 9.40. The van der Waals surface area contributed by atoms with E-state index in [0.717, 1.165) is 36.3 Å². The third kappa shape index (κ3) is 2.76. The Balaban J connectivity index is 1.93. The fraction of sp³-hybridized carbons (Fsp3) is 0.455. The predicted octanol–water partition coefficient (Wildman–Crippen LogP) is 3.77. The van der Waals surface area contributed by atoms with Crippen LogP contribution in [0.5, 0.6) is 5.75 Å². The van der Waals surface area contributed by atoms with Gasteiger partial charge in [-0.05, 0) is 49.3 Å². The number of pyridine rings is 1. The first kappa shape index (κ1) is 17.8. The van der Waals surface area contributed by atoms with Gasteiger partial charge in [-0.1, -0.05) is 19.9 Å². The molecule has 27 heavy (non-hydrogen) atoms. The van der Waals surface area contributed by atoms with Gasteiger partial charge in [0.1, 0.15) is 11.3 Å². The van der Waals surface area contributed by atoms with Crippen molar-refractivity contribution in [3.63, 3.8) is 0 Å². The number of hydrogen-bond donors (Lipinski definition) is 0. The van der Waals surface area contributed by atoms with Crippen molar-refractivity contribution in [2.75, 3.05) is 13.7 Å². The summed E-state index contributed by atoms with van der Waals surface area (Å²) < 4.78 is 12.6. The Bertz CT molecular complexity index is 978. The van der Waals surface area contributed by atoms with Gasteiger partial charge in [-0.2, -0.15) is 0 Å². The maximum absolute atomic E-state index is 12.7. The second kappa shape index (κ2) is 5.98. The lowest BCUT2D eigenvalue weighted by molar-refractivity contribution is -0.00260. The second-order valence-corrected chi connectivity index (χ2v) is 8.47. The molecule has 142 valence electrons. The summed E-state index contributed by atoms with van der Waals surface area (Å²) in [6, 6.07) is 7.61. The molecule has 5 heteroatoms. The number of esters is 1. The highest BCUT2D eigenvalue weighted by molar-refractivity contribution is 5.89. The Morgan fingerprint density at radius 1 is 1.22 bits per heavy atom. The number of hydrogen-bond acceptors (Lipinski definition) is 4. The molecule has 0 bridgehead atoms. The van der Waals surface area contributed by atoms with Crippen LogP contribution in [0.15, 0.2) is 35.3 Å². The fourth-order valence-corrected chi connectivity index (χ4v) is 5.04. The Labute approximate surface area is 158 Å². The van der Waals surface area contributed by atoms with Crippen LogP contribution in [0, 0.1) is 5.41 Å². The molecule has 1 spiro atoms. The van der Waals surface area contributed by atoms with Crippen molar-refractivity contribution in [3.8, 4) is 17.0 Å². The number of carbonyl (C=O) groups excluding carboxylic acids is 1. The molecule has 1 saturated carbocycles. The van der Waals surface area contributed by atoms with Gasteiger partial charge >= 0.3 is 5.97 Å². The summed E-state index contributed by atoms with van der Waals surface area (Å²) in [7, 11) is 1.64. The zero-order chi connectivity index (χ0) is 19.4. The monoisotopic (exact) mass is 367 g/mol. The molecule has 1 aromatic heterocycles. The molecule has 2 heterocycles. The van der Waals surface area contributed by atoms with E-state index in [1.165, 1.54) is 5.56 Å². The van der Waals surface area contributed by atoms with E-state index in [1.807, 2.05) is 12.1 Å². The van der Waals surface area contributed by atoms with Gasteiger partial charge in [0, 0.05) is 23.4 Å². The van der Waals surface area contributed by atoms with Crippen molar-refractivity contribution in [2.24, 2.45) is 5.41 Å². The van der Waals surface area contributed by atoms with E-state index in [-0.39, 0.29) is 28.6 Å². The van der Waals surface area contributed by atoms with Crippen molar-refractivity contribution < 1.29 is 14.3 Å². The third-order valence-electron chi connectivity index (χ3n) is 5.79. The van der Waals surface area contributed by atoms with Gasteiger partial charge < -0.3 is 14.0 Å². The lowest BCUT2D eigenvalue weighted by atomic mass is 9.56. The lowest BCUT2D eigenvalue weighted by Crippen LogP contribution is -2.54. The molecule has 0 unspecified atom stereocenters. The standard InChI is InChI=1S/C22H25NO4/c1-5-27-20(25)17-11-23-18(9-19(17)24)16-8-15(26-4)7-6-14(16)10-22(23)12-21(2,3)13-22/h6-9,11H,5,10,12-13H2,1-4H3. The number of nitrogens with zero attached hydrogens (tertiary/aromatic N) is 1. The maximum atomic E-state index is 12.7. The molecule has 2 aromatic rings. The number of aromatic nitrogens is 1. The zero-order valence-corrected chi connectivity index (χ0v) is 16.3. The molecular formula is C22H25NO4. The van der Waals surface area contributed by atoms with Crippen molar-refractivity contribution in [1.29, 1.82) is 0 Å². The van der Waals surface area contributed by atoms with Gasteiger partial charge in [-0.3, -0.25) is 4.79 Å². The molecule has 0 radical (unpaired) electrons. The SMILES string of the molecule is CCOC(=O)c1cn2c(cc1=O)-c1cc(OC)ccc1CC21CC(C)(C)C1. The molecular weight excluding hydrogens is 342 g/mol. The van der Waals surface area contributed by atoms with E-state index in [1.54, 1.807) is 26.3 Å². The minimum Gasteiger partial charge on any atom is -0.497 e. The van der Waals surface area contributed by atoms with Crippen LogP contribution in [0.25, 0.3) is 11.3 Å². The lowest BCUT2D eigenvalue weighted by Gasteiger charge is -2.57. The van der Waals surface area contributed by atoms with Crippen molar-refractivity contribution in [2.45, 2.75) is 45.6 Å². The molecule has 0 saturated heterocycles. The van der Waals surface area contributed by atoms with E-state index in [9.17, 15) is 9.59 Å². The Hall–Kier alpha value is -2.56. The van der Waals surface area contributed by atoms with Crippen LogP contribution in [0.4, 0.5) is 0 Å². The summed E-state index contributed by atoms with van der Waals surface area (Å²) >= 11 is 0. The van der Waals surface area contributed by atoms with Gasteiger partial charge in [0.05, 0.1) is 19.4 Å². The smallest absolute Gasteiger partial charge is 0.343 e. The van der Waals surface area contributed by atoms with Crippen LogP contribution in [0.1, 0.15) is 49.5 Å². The number of ether oxygens (including phenoxy) is 2. The molecule has 1 aromatic carbocycles.